The largest absolute Gasteiger partial charge is 0.465 e. The van der Waals surface area contributed by atoms with Crippen LogP contribution >= 0.6 is 0 Å². The van der Waals surface area contributed by atoms with E-state index in [2.05, 4.69) is 0 Å². The lowest BCUT2D eigenvalue weighted by atomic mass is 10.1. The number of ether oxygens (including phenoxy) is 1. The zero-order valence-electron chi connectivity index (χ0n) is 17.7. The molecule has 0 aromatic heterocycles. The third-order valence-electron chi connectivity index (χ3n) is 6.24. The number of benzene rings is 2. The number of carbonyl (C=O) groups is 3. The van der Waals surface area contributed by atoms with E-state index in [1.807, 2.05) is 0 Å². The maximum Gasteiger partial charge on any atom is 0.327 e. The van der Waals surface area contributed by atoms with Gasteiger partial charge in [0.25, 0.3) is 11.8 Å². The van der Waals surface area contributed by atoms with Crippen molar-refractivity contribution in [1.82, 2.24) is 4.90 Å². The van der Waals surface area contributed by atoms with E-state index in [4.69, 9.17) is 4.74 Å². The van der Waals surface area contributed by atoms with Gasteiger partial charge in [-0.3, -0.25) is 19.3 Å². The highest BCUT2D eigenvalue weighted by Gasteiger charge is 2.54. The van der Waals surface area contributed by atoms with Gasteiger partial charge in [-0.2, -0.15) is 0 Å². The van der Waals surface area contributed by atoms with Gasteiger partial charge >= 0.3 is 5.97 Å². The van der Waals surface area contributed by atoms with Crippen LogP contribution in [0.5, 0.6) is 0 Å². The Bertz CT molecular complexity index is 1100. The number of unbranched alkanes of at least 4 members (excludes halogenated alkanes) is 1. The van der Waals surface area contributed by atoms with Crippen molar-refractivity contribution in [3.63, 3.8) is 0 Å². The lowest BCUT2D eigenvalue weighted by Gasteiger charge is -2.26. The molecule has 7 nitrogen and oxygen atoms in total. The Kier molecular flexibility index (Phi) is 6.15. The van der Waals surface area contributed by atoms with Crippen LogP contribution in [0.2, 0.25) is 0 Å². The smallest absolute Gasteiger partial charge is 0.327 e. The summed E-state index contributed by atoms with van der Waals surface area (Å²) in [5, 5.41) is 0. The molecule has 32 heavy (non-hydrogen) atoms. The predicted octanol–water partition coefficient (Wildman–Crippen LogP) is 3.39. The molecule has 2 amide bonds. The maximum atomic E-state index is 13.3. The topological polar surface area (TPSA) is 97.8 Å². The SMILES string of the molecule is O=C1c2ccccc2C(=O)N1CCCCOC(=O)C1(S(=O)(=O)c2ccccc2)CCCC1. The number of esters is 1. The van der Waals surface area contributed by atoms with Crippen molar-refractivity contribution in [2.75, 3.05) is 13.2 Å². The van der Waals surface area contributed by atoms with Crippen molar-refractivity contribution in [2.45, 2.75) is 48.2 Å². The molecule has 2 aliphatic rings. The molecule has 1 heterocycles. The highest BCUT2D eigenvalue weighted by Crippen LogP contribution is 2.41. The summed E-state index contributed by atoms with van der Waals surface area (Å²) in [7, 11) is -3.87. The van der Waals surface area contributed by atoms with Gasteiger partial charge in [-0.25, -0.2) is 8.42 Å². The molecule has 0 unspecified atom stereocenters. The lowest BCUT2D eigenvalue weighted by molar-refractivity contribution is -0.146. The number of carbonyl (C=O) groups excluding carboxylic acids is 3. The van der Waals surface area contributed by atoms with Gasteiger partial charge in [0, 0.05) is 6.54 Å². The van der Waals surface area contributed by atoms with Gasteiger partial charge in [-0.1, -0.05) is 43.2 Å². The minimum Gasteiger partial charge on any atom is -0.465 e. The quantitative estimate of drug-likeness (QED) is 0.344. The third-order valence-corrected chi connectivity index (χ3v) is 8.74. The monoisotopic (exact) mass is 455 g/mol. The van der Waals surface area contributed by atoms with Crippen LogP contribution in [0, 0.1) is 0 Å². The van der Waals surface area contributed by atoms with Gasteiger partial charge in [-0.05, 0) is 49.9 Å². The summed E-state index contributed by atoms with van der Waals surface area (Å²) >= 11 is 0. The normalized spacial score (nSPS) is 17.4. The summed E-state index contributed by atoms with van der Waals surface area (Å²) < 4.78 is 30.4. The number of hydrogen-bond donors (Lipinski definition) is 0. The Hall–Kier alpha value is -3.00. The second kappa shape index (κ2) is 8.86. The summed E-state index contributed by atoms with van der Waals surface area (Å²) in [5.74, 6) is -1.34. The Morgan fingerprint density at radius 1 is 0.875 bits per heavy atom. The first-order chi connectivity index (χ1) is 15.4. The fraction of sp³-hybridized carbons (Fsp3) is 0.375. The summed E-state index contributed by atoms with van der Waals surface area (Å²) in [5.41, 5.74) is 0.802. The molecule has 0 atom stereocenters. The van der Waals surface area contributed by atoms with Crippen LogP contribution in [0.15, 0.2) is 59.5 Å². The highest BCUT2D eigenvalue weighted by molar-refractivity contribution is 7.93. The fourth-order valence-electron chi connectivity index (χ4n) is 4.46. The van der Waals surface area contributed by atoms with Crippen molar-refractivity contribution in [2.24, 2.45) is 0 Å². The summed E-state index contributed by atoms with van der Waals surface area (Å²) in [6, 6.07) is 14.7. The fourth-order valence-corrected chi connectivity index (χ4v) is 6.54. The first-order valence-corrected chi connectivity index (χ1v) is 12.3. The molecule has 4 rings (SSSR count). The first kappa shape index (κ1) is 22.2. The van der Waals surface area contributed by atoms with Gasteiger partial charge in [0.1, 0.15) is 0 Å². The molecule has 0 spiro atoms. The summed E-state index contributed by atoms with van der Waals surface area (Å²) in [6.45, 7) is 0.255. The standard InChI is InChI=1S/C24H25NO6S/c26-21-19-12-4-5-13-20(19)22(27)25(21)16-8-9-17-31-23(28)24(14-6-7-15-24)32(29,30)18-10-2-1-3-11-18/h1-5,10-13H,6-9,14-17H2. The maximum absolute atomic E-state index is 13.3. The van der Waals surface area contributed by atoms with E-state index in [0.717, 1.165) is 0 Å². The minimum absolute atomic E-state index is 0.0358. The summed E-state index contributed by atoms with van der Waals surface area (Å²) in [6.07, 6.45) is 2.68. The van der Waals surface area contributed by atoms with Crippen molar-refractivity contribution < 1.29 is 27.5 Å². The van der Waals surface area contributed by atoms with E-state index in [9.17, 15) is 22.8 Å². The molecule has 1 saturated carbocycles. The molecule has 2 aromatic carbocycles. The van der Waals surface area contributed by atoms with Gasteiger partial charge in [0.15, 0.2) is 14.6 Å². The molecule has 0 N–H and O–H groups in total. The van der Waals surface area contributed by atoms with Crippen LogP contribution in [0.4, 0.5) is 0 Å². The predicted molar refractivity (Wildman–Crippen MR) is 117 cm³/mol. The molecular formula is C24H25NO6S. The molecule has 1 fully saturated rings. The lowest BCUT2D eigenvalue weighted by Crippen LogP contribution is -2.45. The van der Waals surface area contributed by atoms with Crippen molar-refractivity contribution in [1.29, 1.82) is 0 Å². The number of amides is 2. The summed E-state index contributed by atoms with van der Waals surface area (Å²) in [4.78, 5) is 39.1. The van der Waals surface area contributed by atoms with E-state index < -0.39 is 20.6 Å². The van der Waals surface area contributed by atoms with Crippen molar-refractivity contribution in [3.8, 4) is 0 Å². The number of sulfone groups is 1. The van der Waals surface area contributed by atoms with Crippen LogP contribution in [0.25, 0.3) is 0 Å². The average molecular weight is 456 g/mol. The van der Waals surface area contributed by atoms with E-state index in [1.165, 1.54) is 17.0 Å². The van der Waals surface area contributed by atoms with Crippen LogP contribution in [-0.4, -0.2) is 49.0 Å². The zero-order chi connectivity index (χ0) is 22.8. The Labute approximate surface area is 187 Å². The Morgan fingerprint density at radius 2 is 1.44 bits per heavy atom. The Balaban J connectivity index is 1.34. The molecule has 2 aromatic rings. The zero-order valence-corrected chi connectivity index (χ0v) is 18.5. The van der Waals surface area contributed by atoms with Gasteiger partial charge in [-0.15, -0.1) is 0 Å². The van der Waals surface area contributed by atoms with Crippen LogP contribution in [-0.2, 0) is 19.4 Å². The molecule has 0 saturated heterocycles. The second-order valence-corrected chi connectivity index (χ2v) is 10.4. The number of hydrogen-bond acceptors (Lipinski definition) is 6. The van der Waals surface area contributed by atoms with Crippen molar-refractivity contribution in [3.05, 3.63) is 65.7 Å². The van der Waals surface area contributed by atoms with Crippen LogP contribution in [0.3, 0.4) is 0 Å². The van der Waals surface area contributed by atoms with Gasteiger partial charge in [0.2, 0.25) is 0 Å². The molecule has 168 valence electrons. The van der Waals surface area contributed by atoms with Gasteiger partial charge < -0.3 is 4.74 Å². The minimum atomic E-state index is -3.87. The molecular weight excluding hydrogens is 430 g/mol. The number of rotatable bonds is 8. The highest BCUT2D eigenvalue weighted by atomic mass is 32.2. The second-order valence-electron chi connectivity index (χ2n) is 8.17. The molecule has 0 bridgehead atoms. The van der Waals surface area contributed by atoms with Gasteiger partial charge in [0.05, 0.1) is 22.6 Å². The number of fused-ring (bicyclic) bond motifs is 1. The van der Waals surface area contributed by atoms with E-state index in [0.29, 0.717) is 36.8 Å². The average Bonchev–Trinajstić information content (AvgIpc) is 3.41. The molecule has 1 aliphatic heterocycles. The Morgan fingerprint density at radius 3 is 2.03 bits per heavy atom. The molecule has 0 radical (unpaired) electrons. The molecule has 8 heteroatoms. The van der Waals surface area contributed by atoms with Crippen LogP contribution in [0.1, 0.15) is 59.2 Å². The number of nitrogens with zero attached hydrogens (tertiary/aromatic N) is 1. The third kappa shape index (κ3) is 3.72. The van der Waals surface area contributed by atoms with E-state index in [1.54, 1.807) is 42.5 Å². The van der Waals surface area contributed by atoms with Crippen molar-refractivity contribution >= 4 is 27.6 Å². The van der Waals surface area contributed by atoms with E-state index in [-0.39, 0.29) is 42.7 Å². The van der Waals surface area contributed by atoms with Crippen LogP contribution < -0.4 is 0 Å². The first-order valence-electron chi connectivity index (χ1n) is 10.8. The van der Waals surface area contributed by atoms with E-state index >= 15 is 0 Å². The molecule has 1 aliphatic carbocycles. The number of imide groups is 1.